The van der Waals surface area contributed by atoms with Crippen LogP contribution in [0.5, 0.6) is 0 Å². The number of allylic oxidation sites excluding steroid dienone is 1. The van der Waals surface area contributed by atoms with Crippen molar-refractivity contribution in [3.05, 3.63) is 107 Å². The van der Waals surface area contributed by atoms with E-state index in [-0.39, 0.29) is 18.2 Å². The van der Waals surface area contributed by atoms with Crippen molar-refractivity contribution in [1.29, 1.82) is 0 Å². The third-order valence-corrected chi connectivity index (χ3v) is 4.93. The maximum absolute atomic E-state index is 12.8. The number of hydrogen-bond acceptors (Lipinski definition) is 5. The Hall–Kier alpha value is -4.33. The summed E-state index contributed by atoms with van der Waals surface area (Å²) in [5, 5.41) is 16.2. The number of carbonyl (C=O) groups excluding carboxylic acids is 2. The standard InChI is InChI=1S/C24H22N6O2/c1-17-9-11-19(12-10-17)23(31)21-8-4-14-30(21)13-3-6-18-5-2-7-20(15-18)24(32)25-16-22-26-28-29-27-22/h2-12,14-15H,13,16H2,1H3,(H,25,32)(H,26,27,28,29)/b6-3+. The molecule has 2 heterocycles. The Balaban J connectivity index is 1.40. The van der Waals surface area contributed by atoms with Crippen molar-refractivity contribution in [2.24, 2.45) is 0 Å². The molecule has 0 atom stereocenters. The first kappa shape index (κ1) is 20.9. The van der Waals surface area contributed by atoms with Crippen molar-refractivity contribution >= 4 is 17.8 Å². The van der Waals surface area contributed by atoms with E-state index in [2.05, 4.69) is 25.9 Å². The van der Waals surface area contributed by atoms with Gasteiger partial charge in [0.05, 0.1) is 12.2 Å². The topological polar surface area (TPSA) is 106 Å². The molecule has 0 radical (unpaired) electrons. The van der Waals surface area contributed by atoms with Gasteiger partial charge in [-0.3, -0.25) is 9.59 Å². The predicted octanol–water partition coefficient (Wildman–Crippen LogP) is 3.18. The summed E-state index contributed by atoms with van der Waals surface area (Å²) in [5.41, 5.74) is 3.83. The second-order valence-corrected chi connectivity index (χ2v) is 7.28. The molecule has 0 aliphatic heterocycles. The fourth-order valence-electron chi connectivity index (χ4n) is 3.24. The summed E-state index contributed by atoms with van der Waals surface area (Å²) in [6.45, 7) is 2.73. The van der Waals surface area contributed by atoms with Gasteiger partial charge in [0.15, 0.2) is 5.82 Å². The largest absolute Gasteiger partial charge is 0.345 e. The summed E-state index contributed by atoms with van der Waals surface area (Å²) in [6.07, 6.45) is 5.77. The van der Waals surface area contributed by atoms with Crippen LogP contribution in [-0.4, -0.2) is 36.9 Å². The minimum Gasteiger partial charge on any atom is -0.345 e. The Kier molecular flexibility index (Phi) is 6.31. The Morgan fingerprint density at radius 3 is 2.69 bits per heavy atom. The predicted molar refractivity (Wildman–Crippen MR) is 120 cm³/mol. The monoisotopic (exact) mass is 426 g/mol. The molecule has 2 N–H and O–H groups in total. The minimum absolute atomic E-state index is 0.0105. The van der Waals surface area contributed by atoms with Crippen LogP contribution in [0, 0.1) is 6.92 Å². The van der Waals surface area contributed by atoms with Crippen LogP contribution in [0.4, 0.5) is 0 Å². The molecule has 2 aromatic heterocycles. The molecule has 4 aromatic rings. The molecule has 8 heteroatoms. The quantitative estimate of drug-likeness (QED) is 0.421. The Labute approximate surface area is 185 Å². The number of nitrogens with one attached hydrogen (secondary N) is 2. The van der Waals surface area contributed by atoms with Crippen LogP contribution in [-0.2, 0) is 13.1 Å². The summed E-state index contributed by atoms with van der Waals surface area (Å²) in [4.78, 5) is 25.2. The van der Waals surface area contributed by atoms with Gasteiger partial charge >= 0.3 is 0 Å². The molecule has 0 saturated heterocycles. The van der Waals surface area contributed by atoms with Crippen molar-refractivity contribution in [3.63, 3.8) is 0 Å². The first-order valence-corrected chi connectivity index (χ1v) is 10.1. The van der Waals surface area contributed by atoms with Gasteiger partial charge < -0.3 is 9.88 Å². The van der Waals surface area contributed by atoms with Gasteiger partial charge in [-0.25, -0.2) is 0 Å². The summed E-state index contributed by atoms with van der Waals surface area (Å²) in [5.74, 6) is 0.183. The first-order valence-electron chi connectivity index (χ1n) is 10.1. The molecular formula is C24H22N6O2. The van der Waals surface area contributed by atoms with E-state index < -0.39 is 0 Å². The average molecular weight is 426 g/mol. The zero-order chi connectivity index (χ0) is 22.3. The molecule has 0 aliphatic rings. The number of nitrogens with zero attached hydrogens (tertiary/aromatic N) is 4. The van der Waals surface area contributed by atoms with Crippen molar-refractivity contribution in [3.8, 4) is 0 Å². The van der Waals surface area contributed by atoms with Crippen LogP contribution in [0.15, 0.2) is 72.9 Å². The molecule has 0 fully saturated rings. The zero-order valence-electron chi connectivity index (χ0n) is 17.5. The Morgan fingerprint density at radius 1 is 1.06 bits per heavy atom. The second-order valence-electron chi connectivity index (χ2n) is 7.28. The number of H-pyrrole nitrogens is 1. The van der Waals surface area contributed by atoms with Gasteiger partial charge in [0.25, 0.3) is 5.91 Å². The van der Waals surface area contributed by atoms with Gasteiger partial charge in [0, 0.05) is 23.9 Å². The van der Waals surface area contributed by atoms with Crippen LogP contribution in [0.2, 0.25) is 0 Å². The van der Waals surface area contributed by atoms with E-state index in [9.17, 15) is 9.59 Å². The summed E-state index contributed by atoms with van der Waals surface area (Å²) >= 11 is 0. The van der Waals surface area contributed by atoms with Gasteiger partial charge in [-0.2, -0.15) is 5.21 Å². The Bertz CT molecular complexity index is 1240. The molecule has 4 rings (SSSR count). The third-order valence-electron chi connectivity index (χ3n) is 4.93. The normalized spacial score (nSPS) is 11.0. The zero-order valence-corrected chi connectivity index (χ0v) is 17.5. The number of amides is 1. The molecule has 160 valence electrons. The molecule has 0 spiro atoms. The summed E-state index contributed by atoms with van der Waals surface area (Å²) in [6, 6.07) is 18.5. The highest BCUT2D eigenvalue weighted by Crippen LogP contribution is 2.13. The number of hydrogen-bond donors (Lipinski definition) is 2. The third kappa shape index (κ3) is 5.04. The lowest BCUT2D eigenvalue weighted by molar-refractivity contribution is 0.0949. The van der Waals surface area contributed by atoms with Crippen LogP contribution in [0.3, 0.4) is 0 Å². The number of aromatic amines is 1. The number of rotatable bonds is 8. The highest BCUT2D eigenvalue weighted by Gasteiger charge is 2.12. The van der Waals surface area contributed by atoms with Crippen molar-refractivity contribution < 1.29 is 9.59 Å². The van der Waals surface area contributed by atoms with E-state index in [0.29, 0.717) is 29.2 Å². The Morgan fingerprint density at radius 2 is 1.91 bits per heavy atom. The van der Waals surface area contributed by atoms with Crippen LogP contribution >= 0.6 is 0 Å². The first-order chi connectivity index (χ1) is 15.6. The maximum atomic E-state index is 12.8. The second kappa shape index (κ2) is 9.65. The summed E-state index contributed by atoms with van der Waals surface area (Å²) < 4.78 is 1.90. The molecule has 0 unspecified atom stereocenters. The fourth-order valence-corrected chi connectivity index (χ4v) is 3.24. The maximum Gasteiger partial charge on any atom is 0.251 e. The summed E-state index contributed by atoms with van der Waals surface area (Å²) in [7, 11) is 0. The highest BCUT2D eigenvalue weighted by molar-refractivity contribution is 6.08. The lowest BCUT2D eigenvalue weighted by Crippen LogP contribution is -2.23. The number of tetrazole rings is 1. The van der Waals surface area contributed by atoms with Gasteiger partial charge in [0.2, 0.25) is 5.78 Å². The van der Waals surface area contributed by atoms with E-state index >= 15 is 0 Å². The molecule has 0 saturated carbocycles. The van der Waals surface area contributed by atoms with E-state index in [4.69, 9.17) is 0 Å². The fraction of sp³-hybridized carbons (Fsp3) is 0.125. The molecule has 32 heavy (non-hydrogen) atoms. The molecule has 0 aliphatic carbocycles. The van der Waals surface area contributed by atoms with Crippen LogP contribution in [0.25, 0.3) is 6.08 Å². The molecule has 1 amide bonds. The highest BCUT2D eigenvalue weighted by atomic mass is 16.1. The van der Waals surface area contributed by atoms with Gasteiger partial charge in [-0.05, 0) is 36.8 Å². The van der Waals surface area contributed by atoms with Crippen molar-refractivity contribution in [2.75, 3.05) is 0 Å². The number of aryl methyl sites for hydroxylation is 1. The van der Waals surface area contributed by atoms with E-state index in [1.54, 1.807) is 12.1 Å². The SMILES string of the molecule is Cc1ccc(C(=O)c2cccn2C/C=C/c2cccc(C(=O)NCc3nn[nH]n3)c2)cc1. The van der Waals surface area contributed by atoms with Crippen molar-refractivity contribution in [1.82, 2.24) is 30.5 Å². The number of benzene rings is 2. The van der Waals surface area contributed by atoms with E-state index in [1.807, 2.05) is 78.4 Å². The van der Waals surface area contributed by atoms with Crippen molar-refractivity contribution in [2.45, 2.75) is 20.0 Å². The number of ketones is 1. The molecular weight excluding hydrogens is 404 g/mol. The molecule has 8 nitrogen and oxygen atoms in total. The lowest BCUT2D eigenvalue weighted by atomic mass is 10.1. The minimum atomic E-state index is -0.221. The molecule has 2 aromatic carbocycles. The number of aromatic nitrogens is 5. The van der Waals surface area contributed by atoms with E-state index in [0.717, 1.165) is 11.1 Å². The van der Waals surface area contributed by atoms with Crippen LogP contribution in [0.1, 0.15) is 43.4 Å². The molecule has 0 bridgehead atoms. The smallest absolute Gasteiger partial charge is 0.251 e. The van der Waals surface area contributed by atoms with Gasteiger partial charge in [-0.15, -0.1) is 10.2 Å². The van der Waals surface area contributed by atoms with Gasteiger partial charge in [0.1, 0.15) is 0 Å². The van der Waals surface area contributed by atoms with Gasteiger partial charge in [-0.1, -0.05) is 59.3 Å². The van der Waals surface area contributed by atoms with E-state index in [1.165, 1.54) is 0 Å². The number of carbonyl (C=O) groups is 2. The van der Waals surface area contributed by atoms with Crippen LogP contribution < -0.4 is 5.32 Å². The lowest BCUT2D eigenvalue weighted by Gasteiger charge is -2.07. The average Bonchev–Trinajstić information content (AvgIpc) is 3.50.